The van der Waals surface area contributed by atoms with Crippen LogP contribution in [0, 0.1) is 16.7 Å². The van der Waals surface area contributed by atoms with Gasteiger partial charge in [0.2, 0.25) is 0 Å². The Morgan fingerprint density at radius 3 is 2.90 bits per heavy atom. The minimum Gasteiger partial charge on any atom is -0.478 e. The molecule has 0 atom stereocenters. The highest BCUT2D eigenvalue weighted by molar-refractivity contribution is 5.88. The number of carbonyl (C=O) groups is 1. The number of rotatable bonds is 5. The van der Waals surface area contributed by atoms with Crippen LogP contribution >= 0.6 is 0 Å². The summed E-state index contributed by atoms with van der Waals surface area (Å²) < 4.78 is 0. The summed E-state index contributed by atoms with van der Waals surface area (Å²) in [7, 11) is 0. The molecule has 0 radical (unpaired) electrons. The molecule has 20 heavy (non-hydrogen) atoms. The molecule has 0 unspecified atom stereocenters. The minimum absolute atomic E-state index is 0.268. The predicted molar refractivity (Wildman–Crippen MR) is 77.9 cm³/mol. The molecule has 4 nitrogen and oxygen atoms in total. The molecule has 1 N–H and O–H groups in total. The fraction of sp³-hybridized carbons (Fsp3) is 0.500. The third-order valence-corrected chi connectivity index (χ3v) is 3.85. The molecule has 0 aromatic heterocycles. The zero-order chi connectivity index (χ0) is 14.8. The van der Waals surface area contributed by atoms with Crippen molar-refractivity contribution in [2.75, 3.05) is 18.0 Å². The van der Waals surface area contributed by atoms with Crippen molar-refractivity contribution in [1.82, 2.24) is 0 Å². The van der Waals surface area contributed by atoms with E-state index >= 15 is 0 Å². The van der Waals surface area contributed by atoms with Gasteiger partial charge in [0.1, 0.15) is 0 Å². The van der Waals surface area contributed by atoms with E-state index in [2.05, 4.69) is 11.0 Å². The Labute approximate surface area is 119 Å². The summed E-state index contributed by atoms with van der Waals surface area (Å²) in [5.41, 5.74) is 2.35. The number of fused-ring (bicyclic) bond motifs is 1. The van der Waals surface area contributed by atoms with E-state index in [4.69, 9.17) is 10.4 Å². The number of hydrogen-bond donors (Lipinski definition) is 1. The Balaban J connectivity index is 1.99. The molecule has 1 aliphatic heterocycles. The van der Waals surface area contributed by atoms with E-state index in [-0.39, 0.29) is 5.41 Å². The lowest BCUT2D eigenvalue weighted by molar-refractivity contribution is 0.0697. The van der Waals surface area contributed by atoms with Gasteiger partial charge in [0, 0.05) is 18.8 Å². The molecular weight excluding hydrogens is 252 g/mol. The normalized spacial score (nSPS) is 13.9. The van der Waals surface area contributed by atoms with E-state index in [9.17, 15) is 4.79 Å². The second-order valence-corrected chi connectivity index (χ2v) is 5.98. The number of benzene rings is 1. The van der Waals surface area contributed by atoms with Crippen molar-refractivity contribution in [3.8, 4) is 6.07 Å². The van der Waals surface area contributed by atoms with Crippen molar-refractivity contribution in [2.45, 2.75) is 33.1 Å². The highest BCUT2D eigenvalue weighted by Gasteiger charge is 2.22. The molecule has 2 rings (SSSR count). The summed E-state index contributed by atoms with van der Waals surface area (Å²) in [6.45, 7) is 5.78. The van der Waals surface area contributed by atoms with E-state index in [1.807, 2.05) is 19.9 Å². The van der Waals surface area contributed by atoms with Crippen molar-refractivity contribution < 1.29 is 9.90 Å². The topological polar surface area (TPSA) is 64.3 Å². The predicted octanol–water partition coefficient (Wildman–Crippen LogP) is 3.08. The van der Waals surface area contributed by atoms with Gasteiger partial charge in [-0.25, -0.2) is 4.79 Å². The minimum atomic E-state index is -0.873. The molecule has 1 aromatic rings. The lowest BCUT2D eigenvalue weighted by Gasteiger charge is -2.22. The highest BCUT2D eigenvalue weighted by atomic mass is 16.4. The fourth-order valence-corrected chi connectivity index (χ4v) is 2.60. The van der Waals surface area contributed by atoms with Crippen molar-refractivity contribution in [1.29, 1.82) is 5.26 Å². The fourth-order valence-electron chi connectivity index (χ4n) is 2.60. The van der Waals surface area contributed by atoms with E-state index in [1.165, 1.54) is 0 Å². The Bertz CT molecular complexity index is 558. The van der Waals surface area contributed by atoms with Gasteiger partial charge in [-0.1, -0.05) is 0 Å². The van der Waals surface area contributed by atoms with Gasteiger partial charge >= 0.3 is 5.97 Å². The number of nitriles is 1. The summed E-state index contributed by atoms with van der Waals surface area (Å²) in [5.74, 6) is -0.873. The molecule has 0 saturated heterocycles. The first-order valence-electron chi connectivity index (χ1n) is 6.95. The van der Waals surface area contributed by atoms with Crippen molar-refractivity contribution in [3.63, 3.8) is 0 Å². The first-order valence-corrected chi connectivity index (χ1v) is 6.95. The van der Waals surface area contributed by atoms with Gasteiger partial charge < -0.3 is 10.0 Å². The van der Waals surface area contributed by atoms with Crippen molar-refractivity contribution in [3.05, 3.63) is 29.3 Å². The maximum absolute atomic E-state index is 11.0. The van der Waals surface area contributed by atoms with Gasteiger partial charge in [0.25, 0.3) is 0 Å². The third-order valence-electron chi connectivity index (χ3n) is 3.85. The molecule has 0 amide bonds. The molecule has 106 valence electrons. The molecule has 4 heteroatoms. The number of carboxylic acids is 1. The van der Waals surface area contributed by atoms with Crippen LogP contribution < -0.4 is 4.90 Å². The molecule has 0 fully saturated rings. The van der Waals surface area contributed by atoms with E-state index < -0.39 is 5.97 Å². The second kappa shape index (κ2) is 5.54. The van der Waals surface area contributed by atoms with Crippen LogP contribution in [0.1, 0.15) is 42.6 Å². The van der Waals surface area contributed by atoms with Crippen LogP contribution in [0.3, 0.4) is 0 Å². The summed E-state index contributed by atoms with van der Waals surface area (Å²) in [6, 6.07) is 7.67. The van der Waals surface area contributed by atoms with E-state index in [0.29, 0.717) is 5.56 Å². The van der Waals surface area contributed by atoms with E-state index in [1.54, 1.807) is 12.1 Å². The third kappa shape index (κ3) is 3.11. The van der Waals surface area contributed by atoms with Crippen LogP contribution in [-0.2, 0) is 6.42 Å². The van der Waals surface area contributed by atoms with Gasteiger partial charge in [0.05, 0.1) is 17.0 Å². The van der Waals surface area contributed by atoms with E-state index in [0.717, 1.165) is 43.6 Å². The zero-order valence-corrected chi connectivity index (χ0v) is 12.0. The monoisotopic (exact) mass is 272 g/mol. The van der Waals surface area contributed by atoms with Gasteiger partial charge in [-0.05, 0) is 56.9 Å². The number of hydrogen-bond acceptors (Lipinski definition) is 3. The molecule has 1 heterocycles. The Hall–Kier alpha value is -2.02. The maximum Gasteiger partial charge on any atom is 0.335 e. The standard InChI is InChI=1S/C16H20N2O2/c1-16(2,11-17)7-3-8-18-9-6-12-10-13(15(19)20)4-5-14(12)18/h4-5,10H,3,6-9H2,1-2H3,(H,19,20). The highest BCUT2D eigenvalue weighted by Crippen LogP contribution is 2.30. The van der Waals surface area contributed by atoms with Crippen LogP contribution in [-0.4, -0.2) is 24.2 Å². The van der Waals surface area contributed by atoms with Crippen LogP contribution in [0.5, 0.6) is 0 Å². The molecular formula is C16H20N2O2. The van der Waals surface area contributed by atoms with Gasteiger partial charge in [-0.2, -0.15) is 5.26 Å². The van der Waals surface area contributed by atoms with Gasteiger partial charge in [-0.15, -0.1) is 0 Å². The summed E-state index contributed by atoms with van der Waals surface area (Å²) in [6.07, 6.45) is 2.75. The SMILES string of the molecule is CC(C)(C#N)CCCN1CCc2cc(C(=O)O)ccc21. The lowest BCUT2D eigenvalue weighted by atomic mass is 9.90. The zero-order valence-electron chi connectivity index (χ0n) is 12.0. The maximum atomic E-state index is 11.0. The quantitative estimate of drug-likeness (QED) is 0.894. The average Bonchev–Trinajstić information content (AvgIpc) is 2.81. The van der Waals surface area contributed by atoms with Crippen LogP contribution in [0.15, 0.2) is 18.2 Å². The van der Waals surface area contributed by atoms with Crippen molar-refractivity contribution >= 4 is 11.7 Å². The summed E-state index contributed by atoms with van der Waals surface area (Å²) in [5, 5.41) is 18.0. The van der Waals surface area contributed by atoms with Crippen LogP contribution in [0.2, 0.25) is 0 Å². The smallest absolute Gasteiger partial charge is 0.335 e. The summed E-state index contributed by atoms with van der Waals surface area (Å²) in [4.78, 5) is 13.2. The van der Waals surface area contributed by atoms with Gasteiger partial charge in [-0.3, -0.25) is 0 Å². The first kappa shape index (κ1) is 14.4. The molecule has 1 aromatic carbocycles. The Morgan fingerprint density at radius 1 is 1.50 bits per heavy atom. The number of carboxylic acid groups (broad SMARTS) is 1. The van der Waals surface area contributed by atoms with Crippen LogP contribution in [0.4, 0.5) is 5.69 Å². The summed E-state index contributed by atoms with van der Waals surface area (Å²) >= 11 is 0. The Morgan fingerprint density at radius 2 is 2.25 bits per heavy atom. The molecule has 1 aliphatic rings. The molecule has 0 saturated carbocycles. The largest absolute Gasteiger partial charge is 0.478 e. The molecule has 0 aliphatic carbocycles. The van der Waals surface area contributed by atoms with Crippen molar-refractivity contribution in [2.24, 2.45) is 5.41 Å². The number of anilines is 1. The second-order valence-electron chi connectivity index (χ2n) is 5.98. The van der Waals surface area contributed by atoms with Gasteiger partial charge in [0.15, 0.2) is 0 Å². The van der Waals surface area contributed by atoms with Crippen LogP contribution in [0.25, 0.3) is 0 Å². The average molecular weight is 272 g/mol. The lowest BCUT2D eigenvalue weighted by Crippen LogP contribution is -2.23. The number of nitrogens with zero attached hydrogens (tertiary/aromatic N) is 2. The first-order chi connectivity index (χ1) is 9.43. The number of aromatic carboxylic acids is 1. The molecule has 0 spiro atoms. The Kier molecular flexibility index (Phi) is 3.99. The molecule has 0 bridgehead atoms.